The van der Waals surface area contributed by atoms with Crippen molar-refractivity contribution < 1.29 is 14.3 Å². The zero-order valence-corrected chi connectivity index (χ0v) is 12.6. The van der Waals surface area contributed by atoms with E-state index in [2.05, 4.69) is 17.2 Å². The Morgan fingerprint density at radius 1 is 1.13 bits per heavy atom. The Balaban J connectivity index is 1.95. The van der Waals surface area contributed by atoms with Crippen molar-refractivity contribution in [1.29, 1.82) is 0 Å². The van der Waals surface area contributed by atoms with Gasteiger partial charge in [-0.05, 0) is 36.4 Å². The number of carbonyl (C=O) groups is 2. The number of para-hydroxylation sites is 1. The maximum absolute atomic E-state index is 12.0. The van der Waals surface area contributed by atoms with Crippen LogP contribution in [0.5, 0.6) is 5.75 Å². The molecule has 0 bridgehead atoms. The molecular formula is C18H16N2O3. The van der Waals surface area contributed by atoms with E-state index in [1.165, 1.54) is 7.11 Å². The van der Waals surface area contributed by atoms with Crippen molar-refractivity contribution in [1.82, 2.24) is 5.32 Å². The first-order valence-corrected chi connectivity index (χ1v) is 6.92. The molecule has 0 saturated carbocycles. The van der Waals surface area contributed by atoms with Gasteiger partial charge in [0.05, 0.1) is 19.2 Å². The quantitative estimate of drug-likeness (QED) is 0.841. The number of ether oxygens (including phenoxy) is 1. The second-order valence-corrected chi connectivity index (χ2v) is 4.63. The van der Waals surface area contributed by atoms with Crippen molar-refractivity contribution >= 4 is 11.8 Å². The minimum Gasteiger partial charge on any atom is -0.496 e. The number of primary amides is 1. The topological polar surface area (TPSA) is 81.4 Å². The summed E-state index contributed by atoms with van der Waals surface area (Å²) < 4.78 is 5.14. The maximum atomic E-state index is 12.0. The van der Waals surface area contributed by atoms with Crippen LogP contribution in [-0.4, -0.2) is 25.5 Å². The van der Waals surface area contributed by atoms with Gasteiger partial charge in [0.25, 0.3) is 5.91 Å². The number of rotatable bonds is 4. The molecule has 0 radical (unpaired) electrons. The SMILES string of the molecule is COc1ccccc1C(=O)NCC#Cc1ccc(C(N)=O)cc1. The number of hydrogen-bond donors (Lipinski definition) is 2. The van der Waals surface area contributed by atoms with Crippen molar-refractivity contribution in [2.45, 2.75) is 0 Å². The van der Waals surface area contributed by atoms with Crippen LogP contribution in [0.2, 0.25) is 0 Å². The summed E-state index contributed by atoms with van der Waals surface area (Å²) in [6.07, 6.45) is 0. The summed E-state index contributed by atoms with van der Waals surface area (Å²) in [6.45, 7) is 0.203. The van der Waals surface area contributed by atoms with Crippen molar-refractivity contribution in [3.8, 4) is 17.6 Å². The Morgan fingerprint density at radius 3 is 2.48 bits per heavy atom. The lowest BCUT2D eigenvalue weighted by atomic mass is 10.1. The van der Waals surface area contributed by atoms with Gasteiger partial charge in [-0.2, -0.15) is 0 Å². The average Bonchev–Trinajstić information content (AvgIpc) is 2.58. The standard InChI is InChI=1S/C18H16N2O3/c1-23-16-7-3-2-6-15(16)18(22)20-12-4-5-13-8-10-14(11-9-13)17(19)21/h2-3,6-11H,12H2,1H3,(H2,19,21)(H,20,22). The third-order valence-electron chi connectivity index (χ3n) is 3.09. The van der Waals surface area contributed by atoms with Crippen LogP contribution in [0.1, 0.15) is 26.3 Å². The monoisotopic (exact) mass is 308 g/mol. The molecule has 2 aromatic carbocycles. The highest BCUT2D eigenvalue weighted by Crippen LogP contribution is 2.16. The molecule has 116 valence electrons. The second kappa shape index (κ2) is 7.66. The molecule has 0 atom stereocenters. The molecule has 5 heteroatoms. The number of hydrogen-bond acceptors (Lipinski definition) is 3. The van der Waals surface area contributed by atoms with Crippen molar-refractivity contribution in [2.75, 3.05) is 13.7 Å². The molecule has 0 unspecified atom stereocenters. The highest BCUT2D eigenvalue weighted by Gasteiger charge is 2.09. The number of benzene rings is 2. The van der Waals surface area contributed by atoms with E-state index in [4.69, 9.17) is 10.5 Å². The third-order valence-corrected chi connectivity index (χ3v) is 3.09. The fraction of sp³-hybridized carbons (Fsp3) is 0.111. The van der Waals surface area contributed by atoms with Gasteiger partial charge in [0.15, 0.2) is 0 Å². The van der Waals surface area contributed by atoms with E-state index in [1.807, 2.05) is 0 Å². The van der Waals surface area contributed by atoms with Crippen LogP contribution in [0.25, 0.3) is 0 Å². The first-order valence-electron chi connectivity index (χ1n) is 6.92. The van der Waals surface area contributed by atoms with Gasteiger partial charge in [0.1, 0.15) is 5.75 Å². The molecule has 2 rings (SSSR count). The van der Waals surface area contributed by atoms with E-state index in [0.29, 0.717) is 16.9 Å². The molecule has 0 fully saturated rings. The molecule has 2 amide bonds. The predicted octanol–water partition coefficient (Wildman–Crippen LogP) is 1.58. The molecule has 0 aliphatic carbocycles. The summed E-state index contributed by atoms with van der Waals surface area (Å²) in [7, 11) is 1.52. The van der Waals surface area contributed by atoms with E-state index in [0.717, 1.165) is 5.56 Å². The van der Waals surface area contributed by atoms with Crippen LogP contribution < -0.4 is 15.8 Å². The van der Waals surface area contributed by atoms with E-state index < -0.39 is 5.91 Å². The summed E-state index contributed by atoms with van der Waals surface area (Å²) >= 11 is 0. The van der Waals surface area contributed by atoms with Gasteiger partial charge in [-0.15, -0.1) is 0 Å². The normalized spacial score (nSPS) is 9.43. The molecule has 0 aromatic heterocycles. The Hall–Kier alpha value is -3.26. The molecule has 0 aliphatic heterocycles. The summed E-state index contributed by atoms with van der Waals surface area (Å²) in [6, 6.07) is 13.6. The number of methoxy groups -OCH3 is 1. The zero-order chi connectivity index (χ0) is 16.7. The van der Waals surface area contributed by atoms with Crippen LogP contribution in [0.3, 0.4) is 0 Å². The van der Waals surface area contributed by atoms with Crippen molar-refractivity contribution in [3.05, 3.63) is 65.2 Å². The minimum absolute atomic E-state index is 0.203. The predicted molar refractivity (Wildman–Crippen MR) is 87.2 cm³/mol. The lowest BCUT2D eigenvalue weighted by Crippen LogP contribution is -2.24. The largest absolute Gasteiger partial charge is 0.496 e. The van der Waals surface area contributed by atoms with Crippen molar-refractivity contribution in [2.24, 2.45) is 5.73 Å². The lowest BCUT2D eigenvalue weighted by molar-refractivity contribution is 0.0954. The van der Waals surface area contributed by atoms with Gasteiger partial charge in [-0.25, -0.2) is 0 Å². The Bertz CT molecular complexity index is 771. The van der Waals surface area contributed by atoms with Crippen LogP contribution in [0, 0.1) is 11.8 Å². The van der Waals surface area contributed by atoms with Crippen LogP contribution in [-0.2, 0) is 0 Å². The van der Waals surface area contributed by atoms with Crippen LogP contribution in [0.4, 0.5) is 0 Å². The van der Waals surface area contributed by atoms with Gasteiger partial charge >= 0.3 is 0 Å². The average molecular weight is 308 g/mol. The number of carbonyl (C=O) groups excluding carboxylic acids is 2. The Labute approximate surface area is 134 Å². The summed E-state index contributed by atoms with van der Waals surface area (Å²) in [4.78, 5) is 23.0. The van der Waals surface area contributed by atoms with Gasteiger partial charge in [0, 0.05) is 11.1 Å². The van der Waals surface area contributed by atoms with Crippen LogP contribution >= 0.6 is 0 Å². The second-order valence-electron chi connectivity index (χ2n) is 4.63. The highest BCUT2D eigenvalue weighted by molar-refractivity contribution is 5.97. The third kappa shape index (κ3) is 4.35. The smallest absolute Gasteiger partial charge is 0.255 e. The molecular weight excluding hydrogens is 292 g/mol. The molecule has 23 heavy (non-hydrogen) atoms. The van der Waals surface area contributed by atoms with E-state index >= 15 is 0 Å². The van der Waals surface area contributed by atoms with E-state index in [1.54, 1.807) is 48.5 Å². The Morgan fingerprint density at radius 2 is 1.83 bits per heavy atom. The number of amides is 2. The maximum Gasteiger partial charge on any atom is 0.255 e. The zero-order valence-electron chi connectivity index (χ0n) is 12.6. The molecule has 3 N–H and O–H groups in total. The fourth-order valence-corrected chi connectivity index (χ4v) is 1.92. The molecule has 2 aromatic rings. The van der Waals surface area contributed by atoms with Gasteiger partial charge in [0.2, 0.25) is 5.91 Å². The molecule has 0 heterocycles. The summed E-state index contributed by atoms with van der Waals surface area (Å²) in [5, 5.41) is 2.71. The first kappa shape index (κ1) is 16.1. The van der Waals surface area contributed by atoms with E-state index in [-0.39, 0.29) is 12.5 Å². The van der Waals surface area contributed by atoms with Gasteiger partial charge < -0.3 is 15.8 Å². The summed E-state index contributed by atoms with van der Waals surface area (Å²) in [5.74, 6) is 5.53. The summed E-state index contributed by atoms with van der Waals surface area (Å²) in [5.41, 5.74) is 6.79. The van der Waals surface area contributed by atoms with Crippen molar-refractivity contribution in [3.63, 3.8) is 0 Å². The molecule has 0 aliphatic rings. The minimum atomic E-state index is -0.478. The van der Waals surface area contributed by atoms with Crippen LogP contribution in [0.15, 0.2) is 48.5 Å². The molecule has 0 spiro atoms. The first-order chi connectivity index (χ1) is 11.1. The van der Waals surface area contributed by atoms with Gasteiger partial charge in [-0.1, -0.05) is 24.0 Å². The Kier molecular flexibility index (Phi) is 5.37. The van der Waals surface area contributed by atoms with Gasteiger partial charge in [-0.3, -0.25) is 9.59 Å². The number of nitrogens with two attached hydrogens (primary N) is 1. The molecule has 5 nitrogen and oxygen atoms in total. The fourth-order valence-electron chi connectivity index (χ4n) is 1.92. The van der Waals surface area contributed by atoms with E-state index in [9.17, 15) is 9.59 Å². The lowest BCUT2D eigenvalue weighted by Gasteiger charge is -2.06. The molecule has 0 saturated heterocycles. The number of nitrogens with one attached hydrogen (secondary N) is 1. The highest BCUT2D eigenvalue weighted by atomic mass is 16.5.